The van der Waals surface area contributed by atoms with Crippen LogP contribution in [0.25, 0.3) is 0 Å². The topological polar surface area (TPSA) is 120 Å². The smallest absolute Gasteiger partial charge is 0.337 e. The van der Waals surface area contributed by atoms with Gasteiger partial charge in [0.15, 0.2) is 5.78 Å². The first-order chi connectivity index (χ1) is 15.4. The molecule has 0 saturated heterocycles. The molecule has 0 aliphatic carbocycles. The Morgan fingerprint density at radius 2 is 1.75 bits per heavy atom. The molecule has 9 heteroatoms. The number of carbonyl (C=O) groups is 4. The molecule has 0 unspecified atom stereocenters. The van der Waals surface area contributed by atoms with Crippen molar-refractivity contribution in [2.75, 3.05) is 26.4 Å². The van der Waals surface area contributed by atoms with E-state index in [2.05, 4.69) is 17.6 Å². The number of ketones is 1. The van der Waals surface area contributed by atoms with Crippen LogP contribution in [-0.4, -0.2) is 50.1 Å². The molecule has 1 aliphatic rings. The Balaban J connectivity index is 1.81. The average Bonchev–Trinajstić information content (AvgIpc) is 2.79. The van der Waals surface area contributed by atoms with E-state index in [-0.39, 0.29) is 49.7 Å². The van der Waals surface area contributed by atoms with Gasteiger partial charge in [-0.2, -0.15) is 0 Å². The number of Topliss-reactive ketones (excluding diaryl/α,β-unsaturated/α-hetero) is 1. The maximum atomic E-state index is 12.3. The number of benzene rings is 1. The van der Waals surface area contributed by atoms with Crippen molar-refractivity contribution in [1.82, 2.24) is 10.6 Å². The van der Waals surface area contributed by atoms with Gasteiger partial charge in [0.1, 0.15) is 12.4 Å². The predicted octanol–water partition coefficient (Wildman–Crippen LogP) is 2.89. The predicted molar refractivity (Wildman–Crippen MR) is 116 cm³/mol. The summed E-state index contributed by atoms with van der Waals surface area (Å²) in [6.07, 6.45) is 3.07. The standard InChI is InChI=1S/C23H30N2O7/c1-3-5-6-13-31-17-9-7-16(8-10-17)20(26)11-12-21(27)32-15-19-18(22(28)30-4-2)14-24-23(29)25-19/h7-10H,3-6,11-15H2,1-2H3,(H2,24,25,29). The van der Waals surface area contributed by atoms with Gasteiger partial charge in [-0.3, -0.25) is 9.59 Å². The highest BCUT2D eigenvalue weighted by Crippen LogP contribution is 2.15. The van der Waals surface area contributed by atoms with Crippen molar-refractivity contribution in [2.24, 2.45) is 0 Å². The molecule has 0 aromatic heterocycles. The number of carbonyl (C=O) groups excluding carboxylic acids is 4. The molecule has 0 radical (unpaired) electrons. The minimum absolute atomic E-state index is 0.0195. The van der Waals surface area contributed by atoms with Crippen LogP contribution >= 0.6 is 0 Å². The monoisotopic (exact) mass is 446 g/mol. The van der Waals surface area contributed by atoms with Gasteiger partial charge in [-0.15, -0.1) is 0 Å². The van der Waals surface area contributed by atoms with E-state index in [1.807, 2.05) is 0 Å². The van der Waals surface area contributed by atoms with E-state index < -0.39 is 18.0 Å². The Morgan fingerprint density at radius 1 is 1.00 bits per heavy atom. The first-order valence-electron chi connectivity index (χ1n) is 10.8. The van der Waals surface area contributed by atoms with Gasteiger partial charge in [0.05, 0.1) is 37.4 Å². The van der Waals surface area contributed by atoms with Crippen LogP contribution in [0.1, 0.15) is 56.3 Å². The molecule has 174 valence electrons. The third-order valence-electron chi connectivity index (χ3n) is 4.70. The maximum absolute atomic E-state index is 12.3. The van der Waals surface area contributed by atoms with Crippen LogP contribution in [0.2, 0.25) is 0 Å². The van der Waals surface area contributed by atoms with Crippen LogP contribution in [0.15, 0.2) is 35.5 Å². The second kappa shape index (κ2) is 13.1. The summed E-state index contributed by atoms with van der Waals surface area (Å²) in [4.78, 5) is 47.9. The highest BCUT2D eigenvalue weighted by molar-refractivity contribution is 5.97. The summed E-state index contributed by atoms with van der Waals surface area (Å²) in [5.74, 6) is -0.704. The van der Waals surface area contributed by atoms with E-state index in [1.54, 1.807) is 31.2 Å². The Morgan fingerprint density at radius 3 is 2.44 bits per heavy atom. The summed E-state index contributed by atoms with van der Waals surface area (Å²) < 4.78 is 15.7. The molecule has 0 spiro atoms. The van der Waals surface area contributed by atoms with Gasteiger partial charge in [-0.05, 0) is 37.6 Å². The summed E-state index contributed by atoms with van der Waals surface area (Å²) >= 11 is 0. The van der Waals surface area contributed by atoms with E-state index in [1.165, 1.54) is 0 Å². The van der Waals surface area contributed by atoms with Crippen LogP contribution in [0.4, 0.5) is 4.79 Å². The Bertz CT molecular complexity index is 846. The Kier molecular flexibility index (Phi) is 10.2. The van der Waals surface area contributed by atoms with Crippen molar-refractivity contribution >= 4 is 23.8 Å². The lowest BCUT2D eigenvalue weighted by Crippen LogP contribution is -2.45. The fourth-order valence-electron chi connectivity index (χ4n) is 2.93. The first-order valence-corrected chi connectivity index (χ1v) is 10.8. The van der Waals surface area contributed by atoms with E-state index in [0.717, 1.165) is 19.3 Å². The molecule has 1 aromatic rings. The molecule has 9 nitrogen and oxygen atoms in total. The van der Waals surface area contributed by atoms with Gasteiger partial charge in [0.25, 0.3) is 0 Å². The highest BCUT2D eigenvalue weighted by Gasteiger charge is 2.24. The van der Waals surface area contributed by atoms with Crippen LogP contribution in [-0.2, 0) is 19.1 Å². The number of urea groups is 1. The van der Waals surface area contributed by atoms with Gasteiger partial charge in [0, 0.05) is 12.0 Å². The highest BCUT2D eigenvalue weighted by atomic mass is 16.5. The van der Waals surface area contributed by atoms with Gasteiger partial charge < -0.3 is 24.8 Å². The van der Waals surface area contributed by atoms with Gasteiger partial charge in [-0.25, -0.2) is 9.59 Å². The molecule has 0 fully saturated rings. The zero-order valence-corrected chi connectivity index (χ0v) is 18.5. The van der Waals surface area contributed by atoms with Crippen molar-refractivity contribution in [1.29, 1.82) is 0 Å². The minimum Gasteiger partial charge on any atom is -0.494 e. The lowest BCUT2D eigenvalue weighted by molar-refractivity contribution is -0.143. The molecular weight excluding hydrogens is 416 g/mol. The Hall–Kier alpha value is -3.36. The summed E-state index contributed by atoms with van der Waals surface area (Å²) in [6.45, 7) is 4.29. The largest absolute Gasteiger partial charge is 0.494 e. The average molecular weight is 447 g/mol. The normalized spacial score (nSPS) is 13.1. The number of nitrogens with one attached hydrogen (secondary N) is 2. The van der Waals surface area contributed by atoms with E-state index in [0.29, 0.717) is 17.9 Å². The third kappa shape index (κ3) is 8.05. The van der Waals surface area contributed by atoms with Crippen molar-refractivity contribution < 1.29 is 33.4 Å². The molecule has 2 N–H and O–H groups in total. The first kappa shape index (κ1) is 24.9. The van der Waals surface area contributed by atoms with Crippen molar-refractivity contribution in [3.8, 4) is 5.75 Å². The second-order valence-electron chi connectivity index (χ2n) is 7.15. The van der Waals surface area contributed by atoms with Gasteiger partial charge in [0.2, 0.25) is 0 Å². The van der Waals surface area contributed by atoms with Crippen molar-refractivity contribution in [3.05, 3.63) is 41.1 Å². The molecule has 2 amide bonds. The van der Waals surface area contributed by atoms with Crippen LogP contribution in [0, 0.1) is 0 Å². The van der Waals surface area contributed by atoms with E-state index in [4.69, 9.17) is 14.2 Å². The molecule has 0 bridgehead atoms. The number of ether oxygens (including phenoxy) is 3. The number of unbranched alkanes of at least 4 members (excludes halogenated alkanes) is 2. The number of esters is 2. The fraction of sp³-hybridized carbons (Fsp3) is 0.478. The van der Waals surface area contributed by atoms with Crippen LogP contribution < -0.4 is 15.4 Å². The maximum Gasteiger partial charge on any atom is 0.337 e. The fourth-order valence-corrected chi connectivity index (χ4v) is 2.93. The zero-order valence-electron chi connectivity index (χ0n) is 18.5. The van der Waals surface area contributed by atoms with E-state index in [9.17, 15) is 19.2 Å². The molecule has 1 aliphatic heterocycles. The number of rotatable bonds is 13. The summed E-state index contributed by atoms with van der Waals surface area (Å²) in [6, 6.07) is 6.31. The van der Waals surface area contributed by atoms with Gasteiger partial charge >= 0.3 is 18.0 Å². The lowest BCUT2D eigenvalue weighted by Gasteiger charge is -2.21. The van der Waals surface area contributed by atoms with Crippen LogP contribution in [0.3, 0.4) is 0 Å². The summed E-state index contributed by atoms with van der Waals surface area (Å²) in [5.41, 5.74) is 0.838. The number of hydrogen-bond acceptors (Lipinski definition) is 7. The molecular formula is C23H30N2O7. The molecule has 0 saturated carbocycles. The van der Waals surface area contributed by atoms with Gasteiger partial charge in [-0.1, -0.05) is 19.8 Å². The van der Waals surface area contributed by atoms with Crippen molar-refractivity contribution in [2.45, 2.75) is 46.0 Å². The summed E-state index contributed by atoms with van der Waals surface area (Å²) in [7, 11) is 0. The quantitative estimate of drug-likeness (QED) is 0.272. The Labute approximate surface area is 187 Å². The molecule has 0 atom stereocenters. The molecule has 1 heterocycles. The third-order valence-corrected chi connectivity index (χ3v) is 4.70. The zero-order chi connectivity index (χ0) is 23.3. The SMILES string of the molecule is CCCCCOc1ccc(C(=O)CCC(=O)OCC2=C(C(=O)OCC)CNC(=O)N2)cc1. The van der Waals surface area contributed by atoms with E-state index >= 15 is 0 Å². The lowest BCUT2D eigenvalue weighted by atomic mass is 10.1. The summed E-state index contributed by atoms with van der Waals surface area (Å²) in [5, 5.41) is 4.92. The number of hydrogen-bond donors (Lipinski definition) is 2. The molecule has 1 aromatic carbocycles. The van der Waals surface area contributed by atoms with Crippen LogP contribution in [0.5, 0.6) is 5.75 Å². The second-order valence-corrected chi connectivity index (χ2v) is 7.15. The minimum atomic E-state index is -0.613. The molecule has 2 rings (SSSR count). The number of amides is 2. The molecule has 32 heavy (non-hydrogen) atoms. The van der Waals surface area contributed by atoms with Crippen molar-refractivity contribution in [3.63, 3.8) is 0 Å².